The van der Waals surface area contributed by atoms with Gasteiger partial charge in [0.05, 0.1) is 5.69 Å². The third-order valence-corrected chi connectivity index (χ3v) is 3.60. The Morgan fingerprint density at radius 3 is 2.50 bits per heavy atom. The molecule has 0 aromatic carbocycles. The number of hydrogen-bond donors (Lipinski definition) is 3. The Kier molecular flexibility index (Phi) is 1.87. The first-order valence-corrected chi connectivity index (χ1v) is 5.85. The summed E-state index contributed by atoms with van der Waals surface area (Å²) in [4.78, 5) is 16.0. The summed E-state index contributed by atoms with van der Waals surface area (Å²) in [7, 11) is 0. The second-order valence-corrected chi connectivity index (χ2v) is 5.18. The molecule has 0 aliphatic carbocycles. The van der Waals surface area contributed by atoms with Gasteiger partial charge in [0.2, 0.25) is 5.96 Å². The second kappa shape index (κ2) is 3.04. The Balaban J connectivity index is 2.04. The molecule has 0 spiro atoms. The summed E-state index contributed by atoms with van der Waals surface area (Å²) in [6, 6.07) is 1.76. The van der Waals surface area contributed by atoms with Gasteiger partial charge in [0.1, 0.15) is 0 Å². The molecule has 3 rings (SSSR count). The molecule has 1 saturated heterocycles. The first-order chi connectivity index (χ1) is 8.33. The van der Waals surface area contributed by atoms with Crippen LogP contribution in [-0.2, 0) is 0 Å². The van der Waals surface area contributed by atoms with Crippen molar-refractivity contribution in [3.8, 4) is 0 Å². The number of nitrogens with one attached hydrogen (secondary N) is 3. The smallest absolute Gasteiger partial charge is 0.318 e. The van der Waals surface area contributed by atoms with Crippen molar-refractivity contribution in [2.75, 3.05) is 0 Å². The normalized spacial score (nSPS) is 33.6. The van der Waals surface area contributed by atoms with E-state index in [2.05, 4.69) is 26.0 Å². The van der Waals surface area contributed by atoms with Gasteiger partial charge < -0.3 is 16.0 Å². The lowest BCUT2D eigenvalue weighted by atomic mass is 10.0. The molecule has 2 unspecified atom stereocenters. The minimum atomic E-state index is -0.703. The quantitative estimate of drug-likeness (QED) is 0.606. The zero-order valence-corrected chi connectivity index (χ0v) is 10.8. The molecule has 96 valence electrons. The highest BCUT2D eigenvalue weighted by atomic mass is 16.2. The second-order valence-electron chi connectivity index (χ2n) is 5.18. The van der Waals surface area contributed by atoms with Gasteiger partial charge in [-0.1, -0.05) is 0 Å². The van der Waals surface area contributed by atoms with Gasteiger partial charge in [0.15, 0.2) is 11.3 Å². The van der Waals surface area contributed by atoms with E-state index in [1.807, 2.05) is 33.8 Å². The lowest BCUT2D eigenvalue weighted by Gasteiger charge is -2.29. The van der Waals surface area contributed by atoms with Gasteiger partial charge in [-0.05, 0) is 33.8 Å². The van der Waals surface area contributed by atoms with Gasteiger partial charge in [0, 0.05) is 5.69 Å². The van der Waals surface area contributed by atoms with Crippen molar-refractivity contribution in [3.05, 3.63) is 17.5 Å². The number of aromatic nitrogens is 2. The van der Waals surface area contributed by atoms with E-state index in [4.69, 9.17) is 0 Å². The van der Waals surface area contributed by atoms with Gasteiger partial charge >= 0.3 is 6.03 Å². The number of aliphatic imine (C=N–C) groups is 1. The maximum atomic E-state index is 11.4. The van der Waals surface area contributed by atoms with Gasteiger partial charge in [-0.2, -0.15) is 5.10 Å². The molecule has 0 saturated carbocycles. The van der Waals surface area contributed by atoms with Crippen LogP contribution < -0.4 is 16.0 Å². The molecule has 0 bridgehead atoms. The molecule has 3 N–H and O–H groups in total. The number of carbonyl (C=O) groups excluding carboxylic acids is 1. The van der Waals surface area contributed by atoms with Crippen LogP contribution in [0.2, 0.25) is 0 Å². The molecular weight excluding hydrogens is 232 g/mol. The van der Waals surface area contributed by atoms with Gasteiger partial charge in [-0.25, -0.2) is 14.5 Å². The Hall–Kier alpha value is -2.05. The fraction of sp³-hybridized carbons (Fsp3) is 0.545. The lowest BCUT2D eigenvalue weighted by molar-refractivity contribution is 0.244. The molecule has 7 nitrogen and oxygen atoms in total. The van der Waals surface area contributed by atoms with Crippen LogP contribution in [0.25, 0.3) is 0 Å². The summed E-state index contributed by atoms with van der Waals surface area (Å²) < 4.78 is 1.75. The summed E-state index contributed by atoms with van der Waals surface area (Å²) >= 11 is 0. The number of hydrogen-bond acceptors (Lipinski definition) is 4. The summed E-state index contributed by atoms with van der Waals surface area (Å²) in [6.45, 7) is 7.67. The molecule has 2 atom stereocenters. The van der Waals surface area contributed by atoms with Crippen molar-refractivity contribution < 1.29 is 4.79 Å². The van der Waals surface area contributed by atoms with Crippen molar-refractivity contribution in [1.29, 1.82) is 0 Å². The van der Waals surface area contributed by atoms with Gasteiger partial charge in [-0.3, -0.25) is 0 Å². The van der Waals surface area contributed by atoms with Gasteiger partial charge in [0.25, 0.3) is 0 Å². The lowest BCUT2D eigenvalue weighted by Crippen LogP contribution is -2.60. The predicted octanol–water partition coefficient (Wildman–Crippen LogP) is 0.0524. The van der Waals surface area contributed by atoms with Crippen LogP contribution in [0.15, 0.2) is 11.1 Å². The average molecular weight is 248 g/mol. The molecule has 3 heterocycles. The molecule has 1 aromatic heterocycles. The highest BCUT2D eigenvalue weighted by molar-refractivity contribution is 5.90. The monoisotopic (exact) mass is 248 g/mol. The number of rotatable bonds is 0. The predicted molar refractivity (Wildman–Crippen MR) is 66.1 cm³/mol. The standard InChI is InChI=1S/C11H16N6O/c1-6-5-7(2)17(16-6)8-12-10(3)11(4,13-8)15-9(18)14-10/h5H,1-4H3,(H,12,13)(H2,14,15,18). The Morgan fingerprint density at radius 2 is 1.94 bits per heavy atom. The minimum Gasteiger partial charge on any atom is -0.328 e. The first-order valence-electron chi connectivity index (χ1n) is 5.85. The van der Waals surface area contributed by atoms with E-state index in [0.29, 0.717) is 5.96 Å². The number of urea groups is 1. The number of carbonyl (C=O) groups is 1. The van der Waals surface area contributed by atoms with E-state index >= 15 is 0 Å². The maximum Gasteiger partial charge on any atom is 0.318 e. The molecule has 2 amide bonds. The van der Waals surface area contributed by atoms with E-state index in [0.717, 1.165) is 11.4 Å². The van der Waals surface area contributed by atoms with Crippen LogP contribution in [0.5, 0.6) is 0 Å². The maximum absolute atomic E-state index is 11.4. The molecule has 2 aliphatic rings. The van der Waals surface area contributed by atoms with E-state index in [9.17, 15) is 4.79 Å². The summed E-state index contributed by atoms with van der Waals surface area (Å²) in [5.41, 5.74) is 0.593. The Morgan fingerprint density at radius 1 is 1.22 bits per heavy atom. The van der Waals surface area contributed by atoms with E-state index in [1.54, 1.807) is 4.68 Å². The van der Waals surface area contributed by atoms with E-state index < -0.39 is 11.3 Å². The molecule has 1 fully saturated rings. The topological polar surface area (TPSA) is 83.3 Å². The highest BCUT2D eigenvalue weighted by Gasteiger charge is 2.57. The van der Waals surface area contributed by atoms with Crippen molar-refractivity contribution in [1.82, 2.24) is 25.7 Å². The Bertz CT molecular complexity index is 576. The first kappa shape index (κ1) is 11.1. The van der Waals surface area contributed by atoms with E-state index in [1.165, 1.54) is 0 Å². The fourth-order valence-electron chi connectivity index (χ4n) is 2.43. The SMILES string of the molecule is Cc1cc(C)n(C2=NC3(C)NC(=O)NC3(C)N2)n1. The van der Waals surface area contributed by atoms with Gasteiger partial charge in [-0.15, -0.1) is 0 Å². The molecule has 0 radical (unpaired) electrons. The molecule has 2 aliphatic heterocycles. The highest BCUT2D eigenvalue weighted by Crippen LogP contribution is 2.30. The minimum absolute atomic E-state index is 0.219. The summed E-state index contributed by atoms with van der Waals surface area (Å²) in [5, 5.41) is 13.3. The molecular formula is C11H16N6O. The number of amides is 2. The third-order valence-electron chi connectivity index (χ3n) is 3.60. The summed E-state index contributed by atoms with van der Waals surface area (Å²) in [5.74, 6) is 0.637. The molecule has 1 aromatic rings. The van der Waals surface area contributed by atoms with Crippen LogP contribution in [0.4, 0.5) is 4.79 Å². The van der Waals surface area contributed by atoms with Crippen molar-refractivity contribution in [3.63, 3.8) is 0 Å². The number of aryl methyl sites for hydroxylation is 2. The van der Waals surface area contributed by atoms with Crippen LogP contribution in [-0.4, -0.2) is 33.1 Å². The summed E-state index contributed by atoms with van der Waals surface area (Å²) in [6.07, 6.45) is 0. The fourth-order valence-corrected chi connectivity index (χ4v) is 2.43. The zero-order chi connectivity index (χ0) is 13.1. The molecule has 7 heteroatoms. The van der Waals surface area contributed by atoms with Crippen molar-refractivity contribution in [2.45, 2.75) is 39.0 Å². The van der Waals surface area contributed by atoms with Crippen LogP contribution >= 0.6 is 0 Å². The van der Waals surface area contributed by atoms with Crippen LogP contribution in [0, 0.1) is 13.8 Å². The Labute approximate surface area is 105 Å². The van der Waals surface area contributed by atoms with Crippen molar-refractivity contribution in [2.24, 2.45) is 4.99 Å². The molecule has 18 heavy (non-hydrogen) atoms. The van der Waals surface area contributed by atoms with Crippen LogP contribution in [0.1, 0.15) is 25.2 Å². The number of nitrogens with zero attached hydrogens (tertiary/aromatic N) is 3. The largest absolute Gasteiger partial charge is 0.328 e. The average Bonchev–Trinajstić information content (AvgIpc) is 2.72. The zero-order valence-electron chi connectivity index (χ0n) is 10.8. The van der Waals surface area contributed by atoms with Crippen LogP contribution in [0.3, 0.4) is 0 Å². The van der Waals surface area contributed by atoms with E-state index in [-0.39, 0.29) is 6.03 Å². The number of fused-ring (bicyclic) bond motifs is 1. The van der Waals surface area contributed by atoms with Crippen molar-refractivity contribution >= 4 is 12.0 Å². The third kappa shape index (κ3) is 1.27.